The number of hydrogen-bond acceptors (Lipinski definition) is 4. The standard InChI is InChI=1S/C19H19FN4O2/c1-2-11-26-18-8-3-14(12-21-18)13-22-19(25)17-9-10-24(23-17)16-6-4-15(20)5-7-16/h3-10,12H,2,11,13H2,1H3,(H,22,25). The normalized spacial score (nSPS) is 10.5. The first kappa shape index (κ1) is 17.6. The summed E-state index contributed by atoms with van der Waals surface area (Å²) in [5.74, 6) is -0.0456. The van der Waals surface area contributed by atoms with E-state index in [4.69, 9.17) is 4.74 Å². The van der Waals surface area contributed by atoms with E-state index in [1.165, 1.54) is 16.8 Å². The van der Waals surface area contributed by atoms with Crippen LogP contribution in [0, 0.1) is 5.82 Å². The summed E-state index contributed by atoms with van der Waals surface area (Å²) in [6.07, 6.45) is 4.25. The maximum atomic E-state index is 13.0. The first-order valence-corrected chi connectivity index (χ1v) is 8.33. The maximum absolute atomic E-state index is 13.0. The number of aromatic nitrogens is 3. The van der Waals surface area contributed by atoms with E-state index in [1.54, 1.807) is 36.7 Å². The molecule has 0 unspecified atom stereocenters. The van der Waals surface area contributed by atoms with Crippen molar-refractivity contribution in [3.05, 3.63) is 71.9 Å². The number of amides is 1. The topological polar surface area (TPSA) is 69.0 Å². The number of hydrogen-bond donors (Lipinski definition) is 1. The minimum absolute atomic E-state index is 0.283. The molecule has 0 bridgehead atoms. The summed E-state index contributed by atoms with van der Waals surface area (Å²) in [6.45, 7) is 2.99. The molecule has 2 heterocycles. The second kappa shape index (κ2) is 8.24. The minimum Gasteiger partial charge on any atom is -0.478 e. The van der Waals surface area contributed by atoms with E-state index >= 15 is 0 Å². The first-order valence-electron chi connectivity index (χ1n) is 8.33. The largest absolute Gasteiger partial charge is 0.478 e. The molecule has 0 atom stereocenters. The van der Waals surface area contributed by atoms with Gasteiger partial charge in [-0.05, 0) is 42.3 Å². The van der Waals surface area contributed by atoms with Crippen LogP contribution >= 0.6 is 0 Å². The van der Waals surface area contributed by atoms with Crippen molar-refractivity contribution in [1.29, 1.82) is 0 Å². The monoisotopic (exact) mass is 354 g/mol. The van der Waals surface area contributed by atoms with Crippen molar-refractivity contribution in [2.75, 3.05) is 6.61 Å². The zero-order valence-electron chi connectivity index (χ0n) is 14.4. The van der Waals surface area contributed by atoms with Crippen molar-refractivity contribution >= 4 is 5.91 Å². The van der Waals surface area contributed by atoms with E-state index in [-0.39, 0.29) is 17.4 Å². The Bertz CT molecular complexity index is 860. The molecule has 0 spiro atoms. The average Bonchev–Trinajstić information content (AvgIpc) is 3.16. The van der Waals surface area contributed by atoms with Crippen LogP contribution in [0.1, 0.15) is 29.4 Å². The summed E-state index contributed by atoms with van der Waals surface area (Å²) in [6, 6.07) is 11.1. The number of nitrogens with one attached hydrogen (secondary N) is 1. The first-order chi connectivity index (χ1) is 12.7. The predicted molar refractivity (Wildman–Crippen MR) is 94.7 cm³/mol. The number of pyridine rings is 1. The molecule has 3 rings (SSSR count). The number of carbonyl (C=O) groups is 1. The molecule has 0 aliphatic heterocycles. The van der Waals surface area contributed by atoms with Crippen LogP contribution in [0.5, 0.6) is 5.88 Å². The molecule has 0 saturated carbocycles. The van der Waals surface area contributed by atoms with Crippen molar-refractivity contribution in [2.24, 2.45) is 0 Å². The van der Waals surface area contributed by atoms with Crippen molar-refractivity contribution < 1.29 is 13.9 Å². The van der Waals surface area contributed by atoms with E-state index in [1.807, 2.05) is 13.0 Å². The third-order valence-corrected chi connectivity index (χ3v) is 3.62. The predicted octanol–water partition coefficient (Wildman–Crippen LogP) is 3.13. The molecule has 0 radical (unpaired) electrons. The lowest BCUT2D eigenvalue weighted by atomic mass is 10.3. The van der Waals surface area contributed by atoms with Gasteiger partial charge in [-0.3, -0.25) is 4.79 Å². The lowest BCUT2D eigenvalue weighted by Crippen LogP contribution is -2.23. The van der Waals surface area contributed by atoms with Crippen LogP contribution in [0.25, 0.3) is 5.69 Å². The Labute approximate surface area is 150 Å². The van der Waals surface area contributed by atoms with E-state index in [2.05, 4.69) is 15.4 Å². The van der Waals surface area contributed by atoms with Gasteiger partial charge in [0.05, 0.1) is 12.3 Å². The fraction of sp³-hybridized carbons (Fsp3) is 0.211. The number of rotatable bonds is 7. The van der Waals surface area contributed by atoms with Gasteiger partial charge in [0.1, 0.15) is 5.82 Å². The van der Waals surface area contributed by atoms with Crippen molar-refractivity contribution in [1.82, 2.24) is 20.1 Å². The van der Waals surface area contributed by atoms with Crippen molar-refractivity contribution in [3.63, 3.8) is 0 Å². The van der Waals surface area contributed by atoms with Gasteiger partial charge in [0.2, 0.25) is 5.88 Å². The van der Waals surface area contributed by atoms with Gasteiger partial charge in [-0.2, -0.15) is 5.10 Å². The molecule has 7 heteroatoms. The minimum atomic E-state index is -0.321. The number of benzene rings is 1. The molecule has 0 aliphatic carbocycles. The van der Waals surface area contributed by atoms with Crippen molar-refractivity contribution in [2.45, 2.75) is 19.9 Å². The summed E-state index contributed by atoms with van der Waals surface area (Å²) in [4.78, 5) is 16.4. The fourth-order valence-corrected chi connectivity index (χ4v) is 2.26. The molecule has 134 valence electrons. The van der Waals surface area contributed by atoms with E-state index in [0.717, 1.165) is 12.0 Å². The van der Waals surface area contributed by atoms with Crippen molar-refractivity contribution in [3.8, 4) is 11.6 Å². The summed E-state index contributed by atoms with van der Waals surface area (Å²) in [5.41, 5.74) is 1.82. The number of nitrogens with zero attached hydrogens (tertiary/aromatic N) is 3. The quantitative estimate of drug-likeness (QED) is 0.708. The van der Waals surface area contributed by atoms with Crippen LogP contribution in [0.4, 0.5) is 4.39 Å². The second-order valence-electron chi connectivity index (χ2n) is 5.66. The average molecular weight is 354 g/mol. The van der Waals surface area contributed by atoms with Gasteiger partial charge in [-0.25, -0.2) is 14.1 Å². The Morgan fingerprint density at radius 1 is 1.19 bits per heavy atom. The molecular formula is C19H19FN4O2. The lowest BCUT2D eigenvalue weighted by molar-refractivity contribution is 0.0945. The molecule has 1 amide bonds. The molecule has 1 N–H and O–H groups in total. The Kier molecular flexibility index (Phi) is 5.58. The molecule has 26 heavy (non-hydrogen) atoms. The maximum Gasteiger partial charge on any atom is 0.272 e. The van der Waals surface area contributed by atoms with Crippen LogP contribution in [-0.2, 0) is 6.54 Å². The van der Waals surface area contributed by atoms with Gasteiger partial charge in [-0.1, -0.05) is 13.0 Å². The van der Waals surface area contributed by atoms with Crippen LogP contribution in [0.2, 0.25) is 0 Å². The van der Waals surface area contributed by atoms with Gasteiger partial charge >= 0.3 is 0 Å². The molecule has 0 fully saturated rings. The molecule has 1 aromatic carbocycles. The van der Waals surface area contributed by atoms with Crippen LogP contribution in [-0.4, -0.2) is 27.3 Å². The van der Waals surface area contributed by atoms with Crippen LogP contribution < -0.4 is 10.1 Å². The molecule has 3 aromatic rings. The highest BCUT2D eigenvalue weighted by Gasteiger charge is 2.10. The molecular weight excluding hydrogens is 335 g/mol. The smallest absolute Gasteiger partial charge is 0.272 e. The van der Waals surface area contributed by atoms with Gasteiger partial charge in [0, 0.05) is 25.0 Å². The van der Waals surface area contributed by atoms with Gasteiger partial charge in [-0.15, -0.1) is 0 Å². The zero-order chi connectivity index (χ0) is 18.4. The number of halogens is 1. The highest BCUT2D eigenvalue weighted by Crippen LogP contribution is 2.10. The van der Waals surface area contributed by atoms with Gasteiger partial charge in [0.15, 0.2) is 5.69 Å². The number of ether oxygens (including phenoxy) is 1. The summed E-state index contributed by atoms with van der Waals surface area (Å²) >= 11 is 0. The van der Waals surface area contributed by atoms with Gasteiger partial charge < -0.3 is 10.1 Å². The Morgan fingerprint density at radius 2 is 2.00 bits per heavy atom. The van der Waals surface area contributed by atoms with E-state index in [9.17, 15) is 9.18 Å². The lowest BCUT2D eigenvalue weighted by Gasteiger charge is -2.06. The van der Waals surface area contributed by atoms with E-state index in [0.29, 0.717) is 24.7 Å². The molecule has 0 saturated heterocycles. The van der Waals surface area contributed by atoms with Gasteiger partial charge in [0.25, 0.3) is 5.91 Å². The third-order valence-electron chi connectivity index (χ3n) is 3.62. The third kappa shape index (κ3) is 4.44. The zero-order valence-corrected chi connectivity index (χ0v) is 14.4. The number of carbonyl (C=O) groups excluding carboxylic acids is 1. The summed E-state index contributed by atoms with van der Waals surface area (Å²) in [5, 5.41) is 7.01. The Balaban J connectivity index is 1.57. The highest BCUT2D eigenvalue weighted by atomic mass is 19.1. The highest BCUT2D eigenvalue weighted by molar-refractivity contribution is 5.92. The summed E-state index contributed by atoms with van der Waals surface area (Å²) in [7, 11) is 0. The molecule has 6 nitrogen and oxygen atoms in total. The Hall–Kier alpha value is -3.22. The molecule has 2 aromatic heterocycles. The fourth-order valence-electron chi connectivity index (χ4n) is 2.26. The van der Waals surface area contributed by atoms with Crippen LogP contribution in [0.15, 0.2) is 54.9 Å². The summed E-state index contributed by atoms with van der Waals surface area (Å²) < 4.78 is 19.9. The van der Waals surface area contributed by atoms with Crippen LogP contribution in [0.3, 0.4) is 0 Å². The molecule has 0 aliphatic rings. The second-order valence-corrected chi connectivity index (χ2v) is 5.66. The SMILES string of the molecule is CCCOc1ccc(CNC(=O)c2ccn(-c3ccc(F)cc3)n2)cn1. The Morgan fingerprint density at radius 3 is 2.69 bits per heavy atom. The van der Waals surface area contributed by atoms with E-state index < -0.39 is 0 Å².